The van der Waals surface area contributed by atoms with Crippen LogP contribution in [0.4, 0.5) is 24.5 Å². The van der Waals surface area contributed by atoms with Gasteiger partial charge >= 0.3 is 17.0 Å². The third-order valence-corrected chi connectivity index (χ3v) is 10.3. The van der Waals surface area contributed by atoms with Gasteiger partial charge in [-0.05, 0) is 48.9 Å². The molecule has 3 aromatic carbocycles. The number of halogens is 3. The number of rotatable bonds is 7. The number of esters is 1. The summed E-state index contributed by atoms with van der Waals surface area (Å²) in [5.74, 6) is -4.04. The summed E-state index contributed by atoms with van der Waals surface area (Å²) < 4.78 is 46.7. The van der Waals surface area contributed by atoms with Crippen LogP contribution >= 0.6 is 23.1 Å². The van der Waals surface area contributed by atoms with Crippen LogP contribution in [0.5, 0.6) is 0 Å². The van der Waals surface area contributed by atoms with Gasteiger partial charge in [-0.15, -0.1) is 0 Å². The standard InChI is InChI=1S/C32H24F3N3O6S2/c1-2-44-30(42)18-12-14-19(15-13-18)38-27(40)24-23(17-8-4-3-5-9-17)26-29(45-25(24)28(38)41)37(31(43)46-26)16-22(39)36-21-11-7-6-10-20(21)32(33,34)35/h3-15,23-25H,2,16H2,1H3,(H,36,39)/t23-,24-,25+/m0/s1. The Morgan fingerprint density at radius 1 is 0.913 bits per heavy atom. The number of amides is 3. The first kappa shape index (κ1) is 31.3. The minimum Gasteiger partial charge on any atom is -0.462 e. The van der Waals surface area contributed by atoms with E-state index in [4.69, 9.17) is 4.74 Å². The molecular weight excluding hydrogens is 643 g/mol. The Balaban J connectivity index is 1.35. The molecule has 0 radical (unpaired) electrons. The molecule has 0 spiro atoms. The van der Waals surface area contributed by atoms with Crippen LogP contribution in [0.1, 0.15) is 39.2 Å². The van der Waals surface area contributed by atoms with E-state index in [9.17, 15) is 37.1 Å². The van der Waals surface area contributed by atoms with E-state index in [0.717, 1.165) is 44.7 Å². The Morgan fingerprint density at radius 3 is 2.26 bits per heavy atom. The quantitative estimate of drug-likeness (QED) is 0.203. The first-order chi connectivity index (χ1) is 22.0. The minimum atomic E-state index is -4.71. The molecule has 2 aliphatic heterocycles. The third kappa shape index (κ3) is 5.62. The van der Waals surface area contributed by atoms with Crippen molar-refractivity contribution in [3.63, 3.8) is 0 Å². The smallest absolute Gasteiger partial charge is 0.418 e. The summed E-state index contributed by atoms with van der Waals surface area (Å²) >= 11 is 1.81. The summed E-state index contributed by atoms with van der Waals surface area (Å²) in [4.78, 5) is 67.4. The highest BCUT2D eigenvalue weighted by atomic mass is 32.2. The Kier molecular flexibility index (Phi) is 8.33. The van der Waals surface area contributed by atoms with Crippen molar-refractivity contribution in [1.29, 1.82) is 0 Å². The van der Waals surface area contributed by atoms with E-state index < -0.39 is 69.6 Å². The van der Waals surface area contributed by atoms with Gasteiger partial charge in [-0.25, -0.2) is 9.69 Å². The molecule has 3 heterocycles. The summed E-state index contributed by atoms with van der Waals surface area (Å²) in [6.45, 7) is 1.25. The van der Waals surface area contributed by atoms with Crippen LogP contribution < -0.4 is 15.1 Å². The second-order valence-electron chi connectivity index (χ2n) is 10.4. The molecule has 0 unspecified atom stereocenters. The number of aromatic nitrogens is 1. The normalized spacial score (nSPS) is 19.0. The molecule has 3 amide bonds. The molecule has 1 aromatic heterocycles. The van der Waals surface area contributed by atoms with Crippen molar-refractivity contribution < 1.29 is 37.1 Å². The molecule has 0 aliphatic carbocycles. The van der Waals surface area contributed by atoms with E-state index in [1.165, 1.54) is 36.4 Å². The van der Waals surface area contributed by atoms with E-state index in [0.29, 0.717) is 15.5 Å². The fourth-order valence-electron chi connectivity index (χ4n) is 5.66. The monoisotopic (exact) mass is 667 g/mol. The van der Waals surface area contributed by atoms with Crippen LogP contribution in [-0.2, 0) is 31.8 Å². The number of nitrogens with zero attached hydrogens (tertiary/aromatic N) is 2. The number of imide groups is 1. The number of para-hydroxylation sites is 1. The van der Waals surface area contributed by atoms with Crippen LogP contribution in [0.15, 0.2) is 88.7 Å². The zero-order valence-corrected chi connectivity index (χ0v) is 25.6. The summed E-state index contributed by atoms with van der Waals surface area (Å²) in [5.41, 5.74) is -0.297. The molecule has 4 aromatic rings. The average molecular weight is 668 g/mol. The number of thioether (sulfide) groups is 1. The molecule has 1 fully saturated rings. The molecular formula is C32H24F3N3O6S2. The lowest BCUT2D eigenvalue weighted by atomic mass is 9.83. The van der Waals surface area contributed by atoms with E-state index in [1.54, 1.807) is 37.3 Å². The molecule has 2 aliphatic rings. The number of thiazole rings is 1. The van der Waals surface area contributed by atoms with Crippen molar-refractivity contribution in [3.05, 3.63) is 110 Å². The third-order valence-electron chi connectivity index (χ3n) is 7.65. The summed E-state index contributed by atoms with van der Waals surface area (Å²) in [6.07, 6.45) is -4.71. The van der Waals surface area contributed by atoms with Gasteiger partial charge in [-0.3, -0.25) is 23.7 Å². The highest BCUT2D eigenvalue weighted by Crippen LogP contribution is 2.53. The van der Waals surface area contributed by atoms with Crippen molar-refractivity contribution in [3.8, 4) is 0 Å². The maximum absolute atomic E-state index is 14.0. The van der Waals surface area contributed by atoms with Crippen LogP contribution in [0, 0.1) is 5.92 Å². The molecule has 1 saturated heterocycles. The molecule has 46 heavy (non-hydrogen) atoms. The number of ether oxygens (including phenoxy) is 1. The van der Waals surface area contributed by atoms with Crippen molar-refractivity contribution in [2.75, 3.05) is 16.8 Å². The van der Waals surface area contributed by atoms with Gasteiger partial charge in [0.1, 0.15) is 11.8 Å². The fourth-order valence-corrected chi connectivity index (χ4v) is 8.44. The molecule has 1 N–H and O–H groups in total. The van der Waals surface area contributed by atoms with Gasteiger partial charge < -0.3 is 10.1 Å². The Morgan fingerprint density at radius 2 is 1.59 bits per heavy atom. The lowest BCUT2D eigenvalue weighted by molar-refractivity contribution is -0.137. The number of benzene rings is 3. The van der Waals surface area contributed by atoms with Gasteiger partial charge in [0, 0.05) is 10.8 Å². The van der Waals surface area contributed by atoms with Gasteiger partial charge in [0.25, 0.3) is 0 Å². The van der Waals surface area contributed by atoms with Crippen molar-refractivity contribution in [2.24, 2.45) is 5.92 Å². The second-order valence-corrected chi connectivity index (χ2v) is 12.6. The SMILES string of the molecule is CCOC(=O)c1ccc(N2C(=O)[C@H]3[C@H](c4ccccc4)c4sc(=O)n(CC(=O)Nc5ccccc5C(F)(F)F)c4S[C@H]3C2=O)cc1. The largest absolute Gasteiger partial charge is 0.462 e. The first-order valence-corrected chi connectivity index (χ1v) is 15.8. The Bertz CT molecular complexity index is 1910. The highest BCUT2D eigenvalue weighted by molar-refractivity contribution is 8.00. The molecule has 9 nitrogen and oxygen atoms in total. The van der Waals surface area contributed by atoms with E-state index >= 15 is 0 Å². The number of fused-ring (bicyclic) bond motifs is 2. The summed E-state index contributed by atoms with van der Waals surface area (Å²) in [5, 5.41) is 1.59. The van der Waals surface area contributed by atoms with Crippen molar-refractivity contribution in [1.82, 2.24) is 4.57 Å². The molecule has 3 atom stereocenters. The minimum absolute atomic E-state index is 0.183. The number of hydrogen-bond acceptors (Lipinski definition) is 8. The van der Waals surface area contributed by atoms with Gasteiger partial charge in [0.2, 0.25) is 17.7 Å². The lowest BCUT2D eigenvalue weighted by Gasteiger charge is -2.30. The van der Waals surface area contributed by atoms with Gasteiger partial charge in [-0.2, -0.15) is 13.2 Å². The maximum atomic E-state index is 14.0. The predicted molar refractivity (Wildman–Crippen MR) is 165 cm³/mol. The maximum Gasteiger partial charge on any atom is 0.418 e. The molecule has 6 rings (SSSR count). The second kappa shape index (κ2) is 12.2. The number of carbonyl (C=O) groups is 4. The highest BCUT2D eigenvalue weighted by Gasteiger charge is 2.56. The van der Waals surface area contributed by atoms with Gasteiger partial charge in [0.05, 0.1) is 40.1 Å². The molecule has 14 heteroatoms. The lowest BCUT2D eigenvalue weighted by Crippen LogP contribution is -2.33. The van der Waals surface area contributed by atoms with Crippen molar-refractivity contribution in [2.45, 2.75) is 35.8 Å². The Hall–Kier alpha value is -4.69. The van der Waals surface area contributed by atoms with Crippen LogP contribution in [0.3, 0.4) is 0 Å². The van der Waals surface area contributed by atoms with Gasteiger partial charge in [-0.1, -0.05) is 65.6 Å². The number of hydrogen-bond donors (Lipinski definition) is 1. The fraction of sp³-hybridized carbons (Fsp3) is 0.219. The van der Waals surface area contributed by atoms with Crippen LogP contribution in [0.2, 0.25) is 0 Å². The zero-order chi connectivity index (χ0) is 32.7. The van der Waals surface area contributed by atoms with Crippen molar-refractivity contribution >= 4 is 58.2 Å². The topological polar surface area (TPSA) is 115 Å². The number of carbonyl (C=O) groups excluding carboxylic acids is 4. The number of nitrogens with one attached hydrogen (secondary N) is 1. The average Bonchev–Trinajstić information content (AvgIpc) is 3.47. The molecule has 0 bridgehead atoms. The Labute approximate surface area is 268 Å². The predicted octanol–water partition coefficient (Wildman–Crippen LogP) is 5.54. The first-order valence-electron chi connectivity index (χ1n) is 14.1. The number of anilines is 2. The zero-order valence-electron chi connectivity index (χ0n) is 23.9. The van der Waals surface area contributed by atoms with E-state index in [2.05, 4.69) is 5.32 Å². The molecule has 236 valence electrons. The summed E-state index contributed by atoms with van der Waals surface area (Å²) in [7, 11) is 0. The molecule has 0 saturated carbocycles. The number of alkyl halides is 3. The van der Waals surface area contributed by atoms with E-state index in [1.807, 2.05) is 0 Å². The van der Waals surface area contributed by atoms with Crippen LogP contribution in [0.25, 0.3) is 0 Å². The van der Waals surface area contributed by atoms with Gasteiger partial charge in [0.15, 0.2) is 0 Å². The summed E-state index contributed by atoms with van der Waals surface area (Å²) in [6, 6.07) is 19.3. The van der Waals surface area contributed by atoms with Crippen LogP contribution in [-0.4, -0.2) is 40.1 Å². The van der Waals surface area contributed by atoms with E-state index in [-0.39, 0.29) is 17.9 Å².